The minimum absolute atomic E-state index is 0.0662. The molecule has 0 unspecified atom stereocenters. The van der Waals surface area contributed by atoms with Crippen molar-refractivity contribution in [3.8, 4) is 11.8 Å². The van der Waals surface area contributed by atoms with Crippen LogP contribution in [-0.4, -0.2) is 19.1 Å². The van der Waals surface area contributed by atoms with E-state index in [4.69, 9.17) is 4.74 Å². The van der Waals surface area contributed by atoms with Gasteiger partial charge in [-0.15, -0.1) is 0 Å². The summed E-state index contributed by atoms with van der Waals surface area (Å²) in [7, 11) is 1.54. The molecule has 2 N–H and O–H groups in total. The van der Waals surface area contributed by atoms with Crippen LogP contribution in [-0.2, 0) is 4.79 Å². The number of rotatable bonds is 5. The van der Waals surface area contributed by atoms with Crippen molar-refractivity contribution in [3.63, 3.8) is 0 Å². The number of amides is 1. The van der Waals surface area contributed by atoms with Crippen LogP contribution in [0, 0.1) is 11.3 Å². The molecule has 1 saturated carbocycles. The Bertz CT molecular complexity index is 584. The van der Waals surface area contributed by atoms with Gasteiger partial charge in [0.2, 0.25) is 0 Å². The third-order valence-electron chi connectivity index (χ3n) is 3.79. The van der Waals surface area contributed by atoms with Gasteiger partial charge >= 0.3 is 0 Å². The number of anilines is 1. The SMILES string of the molecule is COc1ccccc1NC(=O)/C(C#N)=C\NC1CCCCC1. The van der Waals surface area contributed by atoms with Gasteiger partial charge in [-0.1, -0.05) is 31.4 Å². The van der Waals surface area contributed by atoms with Crippen LogP contribution in [0.15, 0.2) is 36.0 Å². The molecule has 1 fully saturated rings. The summed E-state index contributed by atoms with van der Waals surface area (Å²) in [4.78, 5) is 12.2. The number of hydrogen-bond acceptors (Lipinski definition) is 4. The van der Waals surface area contributed by atoms with Gasteiger partial charge in [0.1, 0.15) is 17.4 Å². The van der Waals surface area contributed by atoms with Gasteiger partial charge in [-0.05, 0) is 25.0 Å². The van der Waals surface area contributed by atoms with Crippen molar-refractivity contribution in [2.75, 3.05) is 12.4 Å². The van der Waals surface area contributed by atoms with Crippen LogP contribution in [0.3, 0.4) is 0 Å². The zero-order valence-corrected chi connectivity index (χ0v) is 12.8. The average Bonchev–Trinajstić information content (AvgIpc) is 2.57. The maximum Gasteiger partial charge on any atom is 0.267 e. The van der Waals surface area contributed by atoms with Crippen LogP contribution in [0.2, 0.25) is 0 Å². The Labute approximate surface area is 131 Å². The molecule has 1 aliphatic carbocycles. The van der Waals surface area contributed by atoms with E-state index in [1.165, 1.54) is 32.6 Å². The van der Waals surface area contributed by atoms with Crippen molar-refractivity contribution < 1.29 is 9.53 Å². The minimum atomic E-state index is -0.435. The number of methoxy groups -OCH3 is 1. The first-order chi connectivity index (χ1) is 10.7. The van der Waals surface area contributed by atoms with Gasteiger partial charge in [-0.25, -0.2) is 0 Å². The number of carbonyl (C=O) groups is 1. The van der Waals surface area contributed by atoms with Gasteiger partial charge in [0, 0.05) is 12.2 Å². The van der Waals surface area contributed by atoms with Crippen molar-refractivity contribution >= 4 is 11.6 Å². The molecular weight excluding hydrogens is 278 g/mol. The van der Waals surface area contributed by atoms with E-state index in [2.05, 4.69) is 10.6 Å². The molecule has 116 valence electrons. The highest BCUT2D eigenvalue weighted by atomic mass is 16.5. The Kier molecular flexibility index (Phi) is 5.84. The standard InChI is InChI=1S/C17H21N3O2/c1-22-16-10-6-5-9-15(16)20-17(21)13(11-18)12-19-14-7-3-2-4-8-14/h5-6,9-10,12,14,19H,2-4,7-8H2,1H3,(H,20,21)/b13-12-. The Morgan fingerprint density at radius 2 is 2.05 bits per heavy atom. The predicted octanol–water partition coefficient (Wildman–Crippen LogP) is 2.96. The second-order valence-electron chi connectivity index (χ2n) is 5.33. The molecule has 5 heteroatoms. The fraction of sp³-hybridized carbons (Fsp3) is 0.412. The summed E-state index contributed by atoms with van der Waals surface area (Å²) >= 11 is 0. The molecule has 1 amide bonds. The lowest BCUT2D eigenvalue weighted by atomic mass is 9.96. The van der Waals surface area contributed by atoms with Crippen molar-refractivity contribution in [2.24, 2.45) is 0 Å². The number of para-hydroxylation sites is 2. The highest BCUT2D eigenvalue weighted by Crippen LogP contribution is 2.23. The summed E-state index contributed by atoms with van der Waals surface area (Å²) in [6.45, 7) is 0. The van der Waals surface area contributed by atoms with E-state index in [1.807, 2.05) is 12.1 Å². The monoisotopic (exact) mass is 299 g/mol. The first-order valence-corrected chi connectivity index (χ1v) is 7.55. The molecule has 0 heterocycles. The zero-order valence-electron chi connectivity index (χ0n) is 12.8. The fourth-order valence-electron chi connectivity index (χ4n) is 2.56. The summed E-state index contributed by atoms with van der Waals surface area (Å²) in [5.74, 6) is 0.128. The van der Waals surface area contributed by atoms with E-state index in [1.54, 1.807) is 18.2 Å². The van der Waals surface area contributed by atoms with Gasteiger partial charge in [0.05, 0.1) is 12.8 Å². The molecule has 0 aromatic heterocycles. The van der Waals surface area contributed by atoms with Crippen LogP contribution < -0.4 is 15.4 Å². The fourth-order valence-corrected chi connectivity index (χ4v) is 2.56. The third kappa shape index (κ3) is 4.26. The first kappa shape index (κ1) is 15.9. The summed E-state index contributed by atoms with van der Waals surface area (Å²) in [6, 6.07) is 9.41. The number of hydrogen-bond donors (Lipinski definition) is 2. The summed E-state index contributed by atoms with van der Waals surface area (Å²) in [5.41, 5.74) is 0.616. The number of ether oxygens (including phenoxy) is 1. The molecule has 0 aliphatic heterocycles. The van der Waals surface area contributed by atoms with Gasteiger partial charge in [0.15, 0.2) is 0 Å². The maximum absolute atomic E-state index is 12.2. The van der Waals surface area contributed by atoms with E-state index in [9.17, 15) is 10.1 Å². The normalized spacial score (nSPS) is 15.7. The lowest BCUT2D eigenvalue weighted by molar-refractivity contribution is -0.112. The second kappa shape index (κ2) is 8.08. The van der Waals surface area contributed by atoms with E-state index in [-0.39, 0.29) is 5.57 Å². The minimum Gasteiger partial charge on any atom is -0.495 e. The summed E-state index contributed by atoms with van der Waals surface area (Å²) in [5, 5.41) is 15.1. The second-order valence-corrected chi connectivity index (χ2v) is 5.33. The largest absolute Gasteiger partial charge is 0.495 e. The quantitative estimate of drug-likeness (QED) is 0.647. The topological polar surface area (TPSA) is 74.1 Å². The van der Waals surface area contributed by atoms with Crippen LogP contribution in [0.4, 0.5) is 5.69 Å². The van der Waals surface area contributed by atoms with Crippen molar-refractivity contribution in [2.45, 2.75) is 38.1 Å². The van der Waals surface area contributed by atoms with E-state index in [0.29, 0.717) is 17.5 Å². The van der Waals surface area contributed by atoms with Crippen molar-refractivity contribution in [1.82, 2.24) is 5.32 Å². The Morgan fingerprint density at radius 1 is 1.32 bits per heavy atom. The number of nitrogens with one attached hydrogen (secondary N) is 2. The van der Waals surface area contributed by atoms with E-state index < -0.39 is 5.91 Å². The van der Waals surface area contributed by atoms with Gasteiger partial charge in [-0.3, -0.25) is 4.79 Å². The van der Waals surface area contributed by atoms with Crippen LogP contribution in [0.1, 0.15) is 32.1 Å². The Hall–Kier alpha value is -2.48. The van der Waals surface area contributed by atoms with E-state index >= 15 is 0 Å². The average molecular weight is 299 g/mol. The Balaban J connectivity index is 2.00. The molecule has 0 spiro atoms. The summed E-state index contributed by atoms with van der Waals surface area (Å²) < 4.78 is 5.18. The van der Waals surface area contributed by atoms with Crippen LogP contribution in [0.25, 0.3) is 0 Å². The molecule has 1 aromatic rings. The third-order valence-corrected chi connectivity index (χ3v) is 3.79. The van der Waals surface area contributed by atoms with Crippen molar-refractivity contribution in [3.05, 3.63) is 36.0 Å². The van der Waals surface area contributed by atoms with Crippen molar-refractivity contribution in [1.29, 1.82) is 5.26 Å². The van der Waals surface area contributed by atoms with Gasteiger partial charge in [0.25, 0.3) is 5.91 Å². The molecule has 22 heavy (non-hydrogen) atoms. The molecule has 0 radical (unpaired) electrons. The van der Waals surface area contributed by atoms with E-state index in [0.717, 1.165) is 12.8 Å². The predicted molar refractivity (Wildman–Crippen MR) is 85.3 cm³/mol. The summed E-state index contributed by atoms with van der Waals surface area (Å²) in [6.07, 6.45) is 7.36. The molecule has 1 aromatic carbocycles. The molecule has 2 rings (SSSR count). The number of carbonyl (C=O) groups excluding carboxylic acids is 1. The molecule has 0 saturated heterocycles. The lowest BCUT2D eigenvalue weighted by Gasteiger charge is -2.21. The van der Waals surface area contributed by atoms with Crippen LogP contribution in [0.5, 0.6) is 5.75 Å². The maximum atomic E-state index is 12.2. The molecule has 5 nitrogen and oxygen atoms in total. The number of nitrogens with zero attached hydrogens (tertiary/aromatic N) is 1. The first-order valence-electron chi connectivity index (χ1n) is 7.55. The highest BCUT2D eigenvalue weighted by molar-refractivity contribution is 6.07. The number of nitriles is 1. The number of benzene rings is 1. The highest BCUT2D eigenvalue weighted by Gasteiger charge is 2.15. The van der Waals surface area contributed by atoms with Crippen LogP contribution >= 0.6 is 0 Å². The molecule has 1 aliphatic rings. The Morgan fingerprint density at radius 3 is 2.73 bits per heavy atom. The van der Waals surface area contributed by atoms with Gasteiger partial charge in [-0.2, -0.15) is 5.26 Å². The smallest absolute Gasteiger partial charge is 0.267 e. The molecule has 0 atom stereocenters. The molecular formula is C17H21N3O2. The zero-order chi connectivity index (χ0) is 15.8. The molecule has 0 bridgehead atoms. The lowest BCUT2D eigenvalue weighted by Crippen LogP contribution is -2.28. The van der Waals surface area contributed by atoms with Gasteiger partial charge < -0.3 is 15.4 Å².